The lowest BCUT2D eigenvalue weighted by molar-refractivity contribution is -0.132. The Morgan fingerprint density at radius 3 is 2.41 bits per heavy atom. The van der Waals surface area contributed by atoms with Crippen molar-refractivity contribution in [3.8, 4) is 0 Å². The number of anilines is 1. The number of benzene rings is 2. The van der Waals surface area contributed by atoms with E-state index in [1.807, 2.05) is 30.3 Å². The SMILES string of the molecule is O=C1C(=O)N(c2nccs2)[C@@H](c2ccccc2)C1=C(O)c1ccc(Cl)cc1. The summed E-state index contributed by atoms with van der Waals surface area (Å²) in [7, 11) is 0. The standard InChI is InChI=1S/C20H13ClN2O3S/c21-14-8-6-13(7-9-14)17(24)15-16(12-4-2-1-3-5-12)23(19(26)18(15)25)20-22-10-11-27-20/h1-11,16,24H/t16-/m0/s1. The van der Waals surface area contributed by atoms with E-state index in [1.54, 1.807) is 35.8 Å². The first kappa shape index (κ1) is 17.5. The number of aromatic nitrogens is 1. The van der Waals surface area contributed by atoms with Gasteiger partial charge in [0, 0.05) is 22.2 Å². The molecular formula is C20H13ClN2O3S. The highest BCUT2D eigenvalue weighted by molar-refractivity contribution is 7.14. The molecular weight excluding hydrogens is 384 g/mol. The molecule has 0 radical (unpaired) electrons. The molecule has 1 atom stereocenters. The fraction of sp³-hybridized carbons (Fsp3) is 0.0500. The van der Waals surface area contributed by atoms with E-state index in [2.05, 4.69) is 4.98 Å². The van der Waals surface area contributed by atoms with Crippen molar-refractivity contribution in [3.63, 3.8) is 0 Å². The third-order valence-corrected chi connectivity index (χ3v) is 5.33. The summed E-state index contributed by atoms with van der Waals surface area (Å²) in [6, 6.07) is 14.8. The number of rotatable bonds is 3. The Balaban J connectivity index is 1.93. The van der Waals surface area contributed by atoms with Crippen LogP contribution in [0.1, 0.15) is 17.2 Å². The molecule has 0 bridgehead atoms. The molecule has 0 aliphatic carbocycles. The third kappa shape index (κ3) is 3.03. The Kier molecular flexibility index (Phi) is 4.51. The van der Waals surface area contributed by atoms with Crippen molar-refractivity contribution in [1.29, 1.82) is 0 Å². The molecule has 1 amide bonds. The Morgan fingerprint density at radius 1 is 1.07 bits per heavy atom. The molecule has 134 valence electrons. The van der Waals surface area contributed by atoms with Gasteiger partial charge in [-0.05, 0) is 29.8 Å². The van der Waals surface area contributed by atoms with E-state index in [0.717, 1.165) is 0 Å². The fourth-order valence-corrected chi connectivity index (χ4v) is 3.87. The van der Waals surface area contributed by atoms with Crippen LogP contribution in [0.3, 0.4) is 0 Å². The monoisotopic (exact) mass is 396 g/mol. The second-order valence-electron chi connectivity index (χ2n) is 5.90. The number of thiazole rings is 1. The minimum absolute atomic E-state index is 0.0312. The zero-order valence-electron chi connectivity index (χ0n) is 13.9. The lowest BCUT2D eigenvalue weighted by Gasteiger charge is -2.22. The van der Waals surface area contributed by atoms with Gasteiger partial charge in [-0.2, -0.15) is 0 Å². The Labute approximate surface area is 164 Å². The van der Waals surface area contributed by atoms with Gasteiger partial charge in [0.2, 0.25) is 0 Å². The van der Waals surface area contributed by atoms with Crippen LogP contribution in [0.2, 0.25) is 5.02 Å². The van der Waals surface area contributed by atoms with Gasteiger partial charge in [-0.15, -0.1) is 11.3 Å². The molecule has 1 N–H and O–H groups in total. The lowest BCUT2D eigenvalue weighted by atomic mass is 9.95. The number of halogens is 1. The second-order valence-corrected chi connectivity index (χ2v) is 7.21. The highest BCUT2D eigenvalue weighted by Gasteiger charge is 2.47. The number of carbonyl (C=O) groups is 2. The number of hydrogen-bond donors (Lipinski definition) is 1. The predicted octanol–water partition coefficient (Wildman–Crippen LogP) is 4.42. The first-order valence-corrected chi connectivity index (χ1v) is 9.35. The van der Waals surface area contributed by atoms with Gasteiger partial charge in [0.05, 0.1) is 11.6 Å². The first-order chi connectivity index (χ1) is 13.1. The number of aliphatic hydroxyl groups excluding tert-OH is 1. The topological polar surface area (TPSA) is 70.5 Å². The molecule has 3 aromatic rings. The third-order valence-electron chi connectivity index (χ3n) is 4.30. The van der Waals surface area contributed by atoms with Gasteiger partial charge in [0.25, 0.3) is 5.78 Å². The van der Waals surface area contributed by atoms with Crippen LogP contribution < -0.4 is 4.90 Å². The van der Waals surface area contributed by atoms with E-state index in [1.165, 1.54) is 16.2 Å². The molecule has 0 saturated carbocycles. The average molecular weight is 397 g/mol. The van der Waals surface area contributed by atoms with Crippen molar-refractivity contribution in [2.45, 2.75) is 6.04 Å². The molecule has 2 heterocycles. The summed E-state index contributed by atoms with van der Waals surface area (Å²) in [5.41, 5.74) is 1.16. The summed E-state index contributed by atoms with van der Waals surface area (Å²) < 4.78 is 0. The summed E-state index contributed by atoms with van der Waals surface area (Å²) in [6.07, 6.45) is 1.57. The smallest absolute Gasteiger partial charge is 0.301 e. The van der Waals surface area contributed by atoms with E-state index in [0.29, 0.717) is 21.3 Å². The zero-order chi connectivity index (χ0) is 19.0. The largest absolute Gasteiger partial charge is 0.507 e. The normalized spacial score (nSPS) is 18.9. The van der Waals surface area contributed by atoms with Crippen LogP contribution in [0.4, 0.5) is 5.13 Å². The maximum atomic E-state index is 12.8. The van der Waals surface area contributed by atoms with Crippen molar-refractivity contribution in [2.24, 2.45) is 0 Å². The van der Waals surface area contributed by atoms with Crippen molar-refractivity contribution < 1.29 is 14.7 Å². The summed E-state index contributed by atoms with van der Waals surface area (Å²) in [5, 5.41) is 13.5. The maximum Gasteiger partial charge on any atom is 0.301 e. The van der Waals surface area contributed by atoms with E-state index in [9.17, 15) is 14.7 Å². The highest BCUT2D eigenvalue weighted by Crippen LogP contribution is 2.42. The predicted molar refractivity (Wildman–Crippen MR) is 105 cm³/mol. The van der Waals surface area contributed by atoms with Crippen LogP contribution in [0.15, 0.2) is 71.7 Å². The molecule has 1 aliphatic heterocycles. The van der Waals surface area contributed by atoms with Crippen LogP contribution >= 0.6 is 22.9 Å². The van der Waals surface area contributed by atoms with Crippen LogP contribution in [-0.4, -0.2) is 21.8 Å². The van der Waals surface area contributed by atoms with Crippen LogP contribution in [0.5, 0.6) is 0 Å². The summed E-state index contributed by atoms with van der Waals surface area (Å²) in [4.78, 5) is 31.1. The molecule has 7 heteroatoms. The summed E-state index contributed by atoms with van der Waals surface area (Å²) >= 11 is 7.17. The quantitative estimate of drug-likeness (QED) is 0.404. The first-order valence-electron chi connectivity index (χ1n) is 8.09. The molecule has 4 rings (SSSR count). The molecule has 27 heavy (non-hydrogen) atoms. The number of Topliss-reactive ketones (excluding diaryl/α,β-unsaturated/α-hetero) is 1. The van der Waals surface area contributed by atoms with Crippen molar-refractivity contribution >= 4 is 45.5 Å². The molecule has 2 aromatic carbocycles. The van der Waals surface area contributed by atoms with Crippen molar-refractivity contribution in [1.82, 2.24) is 4.98 Å². The molecule has 1 aromatic heterocycles. The van der Waals surface area contributed by atoms with Crippen LogP contribution in [-0.2, 0) is 9.59 Å². The van der Waals surface area contributed by atoms with Crippen molar-refractivity contribution in [3.05, 3.63) is 87.9 Å². The second kappa shape index (κ2) is 6.98. The molecule has 1 saturated heterocycles. The molecule has 0 unspecified atom stereocenters. The van der Waals surface area contributed by atoms with E-state index >= 15 is 0 Å². The van der Waals surface area contributed by atoms with Gasteiger partial charge < -0.3 is 5.11 Å². The summed E-state index contributed by atoms with van der Waals surface area (Å²) in [6.45, 7) is 0. The number of hydrogen-bond acceptors (Lipinski definition) is 5. The van der Waals surface area contributed by atoms with E-state index < -0.39 is 17.7 Å². The minimum Gasteiger partial charge on any atom is -0.507 e. The van der Waals surface area contributed by atoms with Gasteiger partial charge in [-0.1, -0.05) is 41.9 Å². The molecule has 1 aliphatic rings. The molecule has 1 fully saturated rings. The lowest BCUT2D eigenvalue weighted by Crippen LogP contribution is -2.29. The zero-order valence-corrected chi connectivity index (χ0v) is 15.4. The van der Waals surface area contributed by atoms with Crippen LogP contribution in [0.25, 0.3) is 5.76 Å². The molecule has 5 nitrogen and oxygen atoms in total. The average Bonchev–Trinajstić information content (AvgIpc) is 3.30. The Morgan fingerprint density at radius 2 is 1.78 bits per heavy atom. The van der Waals surface area contributed by atoms with E-state index in [4.69, 9.17) is 11.6 Å². The van der Waals surface area contributed by atoms with Crippen molar-refractivity contribution in [2.75, 3.05) is 4.90 Å². The number of amides is 1. The number of ketones is 1. The van der Waals surface area contributed by atoms with Gasteiger partial charge >= 0.3 is 5.91 Å². The number of nitrogens with zero attached hydrogens (tertiary/aromatic N) is 2. The van der Waals surface area contributed by atoms with E-state index in [-0.39, 0.29) is 11.3 Å². The van der Waals surface area contributed by atoms with Gasteiger partial charge in [0.1, 0.15) is 5.76 Å². The number of aliphatic hydroxyl groups is 1. The van der Waals surface area contributed by atoms with Gasteiger partial charge in [-0.25, -0.2) is 4.98 Å². The highest BCUT2D eigenvalue weighted by atomic mass is 35.5. The maximum absolute atomic E-state index is 12.8. The molecule has 0 spiro atoms. The summed E-state index contributed by atoms with van der Waals surface area (Å²) in [5.74, 6) is -1.70. The minimum atomic E-state index is -0.756. The van der Waals surface area contributed by atoms with Gasteiger partial charge in [-0.3, -0.25) is 14.5 Å². The Hall–Kier alpha value is -2.96. The fourth-order valence-electron chi connectivity index (χ4n) is 3.08. The Bertz CT molecular complexity index is 1030. The number of carbonyl (C=O) groups excluding carboxylic acids is 2. The van der Waals surface area contributed by atoms with Gasteiger partial charge in [0.15, 0.2) is 5.13 Å². The van der Waals surface area contributed by atoms with Crippen LogP contribution in [0, 0.1) is 0 Å².